The number of hydrogen-bond donors (Lipinski definition) is 0. The molecule has 11 heteroatoms. The van der Waals surface area contributed by atoms with E-state index in [0.29, 0.717) is 25.3 Å². The van der Waals surface area contributed by atoms with Crippen molar-refractivity contribution >= 4 is 44.6 Å². The van der Waals surface area contributed by atoms with Crippen LogP contribution in [0.4, 0.5) is 5.82 Å². The lowest BCUT2D eigenvalue weighted by Crippen LogP contribution is -2.33. The maximum atomic E-state index is 13.2. The van der Waals surface area contributed by atoms with Crippen LogP contribution in [0.1, 0.15) is 44.5 Å². The Morgan fingerprint density at radius 2 is 2.11 bits per heavy atom. The van der Waals surface area contributed by atoms with Crippen LogP contribution in [-0.4, -0.2) is 55.0 Å². The smallest absolute Gasteiger partial charge is 0.275 e. The molecule has 0 spiro atoms. The number of amides is 1. The van der Waals surface area contributed by atoms with E-state index in [9.17, 15) is 9.59 Å². The molecule has 0 radical (unpaired) electrons. The third kappa shape index (κ3) is 4.12. The second-order valence-corrected chi connectivity index (χ2v) is 11.3. The van der Waals surface area contributed by atoms with Crippen molar-refractivity contribution < 1.29 is 4.79 Å². The molecule has 1 atom stereocenters. The van der Waals surface area contributed by atoms with Crippen LogP contribution in [0.5, 0.6) is 0 Å². The Morgan fingerprint density at radius 1 is 1.23 bits per heavy atom. The topological polar surface area (TPSA) is 96.6 Å². The zero-order valence-corrected chi connectivity index (χ0v) is 21.4. The second kappa shape index (κ2) is 8.80. The van der Waals surface area contributed by atoms with Crippen molar-refractivity contribution in [2.24, 2.45) is 0 Å². The lowest BCUT2D eigenvalue weighted by Gasteiger charge is -2.28. The van der Waals surface area contributed by atoms with Crippen LogP contribution < -0.4 is 10.5 Å². The van der Waals surface area contributed by atoms with Crippen LogP contribution in [0.25, 0.3) is 5.65 Å². The Kier molecular flexibility index (Phi) is 5.60. The lowest BCUT2D eigenvalue weighted by molar-refractivity contribution is 0.0785. The van der Waals surface area contributed by atoms with Gasteiger partial charge in [0.15, 0.2) is 15.4 Å². The van der Waals surface area contributed by atoms with Crippen molar-refractivity contribution in [3.63, 3.8) is 0 Å². The second-order valence-electron chi connectivity index (χ2n) is 8.93. The fourth-order valence-electron chi connectivity index (χ4n) is 4.88. The van der Waals surface area contributed by atoms with Crippen LogP contribution in [0.2, 0.25) is 0 Å². The molecular formula is C24H22BrN7O2S. The predicted octanol–water partition coefficient (Wildman–Crippen LogP) is 3.20. The molecule has 0 aliphatic carbocycles. The van der Waals surface area contributed by atoms with Gasteiger partial charge in [-0.05, 0) is 52.5 Å². The molecule has 0 bridgehead atoms. The minimum atomic E-state index is -0.360. The van der Waals surface area contributed by atoms with Crippen LogP contribution >= 0.6 is 27.3 Å². The van der Waals surface area contributed by atoms with Crippen molar-refractivity contribution in [3.8, 4) is 0 Å². The third-order valence-electron chi connectivity index (χ3n) is 6.67. The van der Waals surface area contributed by atoms with E-state index >= 15 is 0 Å². The maximum Gasteiger partial charge on any atom is 0.275 e. The largest absolute Gasteiger partial charge is 0.349 e. The molecule has 0 N–H and O–H groups in total. The number of rotatable bonds is 3. The fraction of sp³-hybridized carbons (Fsp3) is 0.333. The Balaban J connectivity index is 1.27. The molecule has 178 valence electrons. The molecule has 6 heterocycles. The van der Waals surface area contributed by atoms with E-state index < -0.39 is 0 Å². The van der Waals surface area contributed by atoms with Crippen molar-refractivity contribution in [2.75, 3.05) is 24.5 Å². The molecular weight excluding hydrogens is 530 g/mol. The van der Waals surface area contributed by atoms with Gasteiger partial charge < -0.3 is 9.80 Å². The molecule has 2 aliphatic rings. The molecule has 1 fully saturated rings. The normalized spacial score (nSPS) is 17.7. The van der Waals surface area contributed by atoms with Gasteiger partial charge in [-0.25, -0.2) is 9.97 Å². The average Bonchev–Trinajstić information content (AvgIpc) is 3.49. The first-order valence-electron chi connectivity index (χ1n) is 11.5. The van der Waals surface area contributed by atoms with Crippen LogP contribution in [0, 0.1) is 6.92 Å². The highest BCUT2D eigenvalue weighted by Gasteiger charge is 2.29. The minimum Gasteiger partial charge on any atom is -0.349 e. The number of nitrogens with zero attached hydrogens (tertiary/aromatic N) is 7. The molecule has 35 heavy (non-hydrogen) atoms. The molecule has 4 aromatic rings. The SMILES string of the molecule is Cc1cc2nc(C(=O)N3CCC(c4cccnc4)C3)cc(=O)n2nc1N1CCc2nc(Br)sc2C1. The van der Waals surface area contributed by atoms with Crippen molar-refractivity contribution in [2.45, 2.75) is 32.2 Å². The van der Waals surface area contributed by atoms with Gasteiger partial charge in [-0.2, -0.15) is 4.52 Å². The molecule has 9 nitrogen and oxygen atoms in total. The molecule has 0 saturated carbocycles. The number of carbonyl (C=O) groups is 1. The summed E-state index contributed by atoms with van der Waals surface area (Å²) < 4.78 is 2.18. The summed E-state index contributed by atoms with van der Waals surface area (Å²) in [6.07, 6.45) is 5.29. The van der Waals surface area contributed by atoms with Gasteiger partial charge in [-0.3, -0.25) is 14.6 Å². The Morgan fingerprint density at radius 3 is 2.94 bits per heavy atom. The zero-order valence-electron chi connectivity index (χ0n) is 19.0. The van der Waals surface area contributed by atoms with E-state index in [0.717, 1.165) is 45.9 Å². The number of hydrogen-bond acceptors (Lipinski definition) is 8. The first-order chi connectivity index (χ1) is 17.0. The summed E-state index contributed by atoms with van der Waals surface area (Å²) in [6.45, 7) is 4.64. The van der Waals surface area contributed by atoms with Gasteiger partial charge in [0.2, 0.25) is 0 Å². The van der Waals surface area contributed by atoms with Crippen LogP contribution in [0.15, 0.2) is 45.4 Å². The van der Waals surface area contributed by atoms with Gasteiger partial charge in [0.1, 0.15) is 5.69 Å². The molecule has 1 saturated heterocycles. The standard InChI is InChI=1S/C24H22BrN7O2S/c1-14-9-20-27-18(23(34)31-7-4-16(12-31)15-3-2-6-26-11-15)10-21(33)32(20)29-22(14)30-8-5-17-19(13-30)35-24(25)28-17/h2-3,6,9-11,16H,4-5,7-8,12-13H2,1H3. The first kappa shape index (κ1) is 22.3. The summed E-state index contributed by atoms with van der Waals surface area (Å²) in [5.41, 5.74) is 3.33. The number of aromatic nitrogens is 5. The number of aryl methyl sites for hydroxylation is 1. The minimum absolute atomic E-state index is 0.160. The average molecular weight is 552 g/mol. The lowest BCUT2D eigenvalue weighted by atomic mass is 10.0. The summed E-state index contributed by atoms with van der Waals surface area (Å²) in [7, 11) is 0. The van der Waals surface area contributed by atoms with E-state index in [2.05, 4.69) is 40.9 Å². The van der Waals surface area contributed by atoms with Crippen molar-refractivity contribution in [1.29, 1.82) is 0 Å². The van der Waals surface area contributed by atoms with Crippen molar-refractivity contribution in [3.05, 3.63) is 78.3 Å². The van der Waals surface area contributed by atoms with Gasteiger partial charge >= 0.3 is 0 Å². The van der Waals surface area contributed by atoms with E-state index in [4.69, 9.17) is 0 Å². The predicted molar refractivity (Wildman–Crippen MR) is 136 cm³/mol. The molecule has 2 aliphatic heterocycles. The van der Waals surface area contributed by atoms with Crippen LogP contribution in [0.3, 0.4) is 0 Å². The Bertz CT molecular complexity index is 1500. The quantitative estimate of drug-likeness (QED) is 0.385. The number of likely N-dealkylation sites (tertiary alicyclic amines) is 1. The zero-order chi connectivity index (χ0) is 24.1. The molecule has 1 amide bonds. The number of fused-ring (bicyclic) bond motifs is 2. The fourth-order valence-corrected chi connectivity index (χ4v) is 6.53. The third-order valence-corrected chi connectivity index (χ3v) is 8.20. The molecule has 1 unspecified atom stereocenters. The summed E-state index contributed by atoms with van der Waals surface area (Å²) in [5, 5.41) is 4.64. The van der Waals surface area contributed by atoms with E-state index in [1.807, 2.05) is 31.3 Å². The van der Waals surface area contributed by atoms with Gasteiger partial charge in [0.05, 0.1) is 12.2 Å². The number of halogens is 1. The highest BCUT2D eigenvalue weighted by atomic mass is 79.9. The van der Waals surface area contributed by atoms with Crippen LogP contribution in [-0.2, 0) is 13.0 Å². The van der Waals surface area contributed by atoms with E-state index in [-0.39, 0.29) is 23.1 Å². The summed E-state index contributed by atoms with van der Waals surface area (Å²) in [6, 6.07) is 7.08. The molecule has 4 aromatic heterocycles. The number of pyridine rings is 1. The van der Waals surface area contributed by atoms with Crippen molar-refractivity contribution in [1.82, 2.24) is 29.5 Å². The highest BCUT2D eigenvalue weighted by Crippen LogP contribution is 2.31. The number of carbonyl (C=O) groups excluding carboxylic acids is 1. The van der Waals surface area contributed by atoms with E-state index in [1.165, 1.54) is 15.5 Å². The molecule has 0 aromatic carbocycles. The van der Waals surface area contributed by atoms with E-state index in [1.54, 1.807) is 22.4 Å². The number of anilines is 1. The monoisotopic (exact) mass is 551 g/mol. The highest BCUT2D eigenvalue weighted by molar-refractivity contribution is 9.11. The summed E-state index contributed by atoms with van der Waals surface area (Å²) in [5.74, 6) is 0.761. The Hall–Kier alpha value is -3.18. The Labute approximate surface area is 213 Å². The first-order valence-corrected chi connectivity index (χ1v) is 13.1. The van der Waals surface area contributed by atoms with Gasteiger partial charge in [-0.15, -0.1) is 16.4 Å². The van der Waals surface area contributed by atoms with Gasteiger partial charge in [-0.1, -0.05) is 6.07 Å². The van der Waals surface area contributed by atoms with Gasteiger partial charge in [0, 0.05) is 55.3 Å². The number of thiazole rings is 1. The summed E-state index contributed by atoms with van der Waals surface area (Å²) >= 11 is 5.10. The maximum absolute atomic E-state index is 13.2. The molecule has 6 rings (SSSR count). The van der Waals surface area contributed by atoms with Gasteiger partial charge in [0.25, 0.3) is 11.5 Å². The summed E-state index contributed by atoms with van der Waals surface area (Å²) in [4.78, 5) is 44.6.